The van der Waals surface area contributed by atoms with E-state index in [2.05, 4.69) is 66.1 Å². The minimum absolute atomic E-state index is 0.0102. The minimum atomic E-state index is -4.56. The fraction of sp³-hybridized carbons (Fsp3) is 0.108. The second-order valence-electron chi connectivity index (χ2n) is 23.7. The smallest absolute Gasteiger partial charge is 0.417 e. The van der Waals surface area contributed by atoms with E-state index in [9.17, 15) is 38.4 Å². The fourth-order valence-corrected chi connectivity index (χ4v) is 13.3. The molecule has 540 valence electrons. The van der Waals surface area contributed by atoms with Crippen LogP contribution in [0.1, 0.15) is 29.6 Å². The van der Waals surface area contributed by atoms with Crippen LogP contribution in [-0.4, -0.2) is 118 Å². The third-order valence-electron chi connectivity index (χ3n) is 16.3. The summed E-state index contributed by atoms with van der Waals surface area (Å²) in [5.74, 6) is 2.03. The molecule has 0 aliphatic carbocycles. The first-order valence-electron chi connectivity index (χ1n) is 32.5. The van der Waals surface area contributed by atoms with Gasteiger partial charge in [0.05, 0.1) is 58.7 Å². The predicted octanol–water partition coefficient (Wildman–Crippen LogP) is 12.9. The number of hydrogen-bond acceptors (Lipinski definition) is 22. The lowest BCUT2D eigenvalue weighted by Gasteiger charge is -2.14. The summed E-state index contributed by atoms with van der Waals surface area (Å²) in [6, 6.07) is 49.2. The van der Waals surface area contributed by atoms with Gasteiger partial charge in [-0.15, -0.1) is 15.3 Å². The van der Waals surface area contributed by atoms with Crippen LogP contribution in [0, 0.1) is 0 Å². The molecule has 0 aliphatic rings. The zero-order valence-electron chi connectivity index (χ0n) is 56.7. The lowest BCUT2D eigenvalue weighted by Crippen LogP contribution is -2.15. The Morgan fingerprint density at radius 3 is 1.30 bits per heavy atom. The van der Waals surface area contributed by atoms with Gasteiger partial charge in [-0.05, 0) is 103 Å². The Bertz CT molecular complexity index is 6110. The molecule has 0 atom stereocenters. The van der Waals surface area contributed by atoms with Crippen LogP contribution in [0.5, 0.6) is 5.88 Å². The Morgan fingerprint density at radius 1 is 0.458 bits per heavy atom. The van der Waals surface area contributed by atoms with E-state index in [0.29, 0.717) is 63.5 Å². The molecular weight excluding hydrogens is 1460 g/mol. The third-order valence-corrected chi connectivity index (χ3v) is 19.7. The van der Waals surface area contributed by atoms with E-state index in [1.807, 2.05) is 122 Å². The highest BCUT2D eigenvalue weighted by atomic mass is 35.5. The van der Waals surface area contributed by atoms with Gasteiger partial charge in [-0.3, -0.25) is 24.9 Å². The quantitative estimate of drug-likeness (QED) is 0.0550. The number of halogens is 4. The second-order valence-corrected chi connectivity index (χ2v) is 29.7. The number of aromatic nitrogens is 15. The monoisotopic (exact) mass is 1520 g/mol. The van der Waals surface area contributed by atoms with Crippen molar-refractivity contribution in [2.75, 3.05) is 35.1 Å². The number of hydrogen-bond donors (Lipinski definition) is 4. The van der Waals surface area contributed by atoms with Crippen molar-refractivity contribution in [3.05, 3.63) is 266 Å². The molecule has 0 bridgehead atoms. The summed E-state index contributed by atoms with van der Waals surface area (Å²) in [4.78, 5) is 39.2. The number of benzene rings is 3. The summed E-state index contributed by atoms with van der Waals surface area (Å²) in [7, 11) is -11.1. The highest BCUT2D eigenvalue weighted by molar-refractivity contribution is 7.91. The summed E-state index contributed by atoms with van der Waals surface area (Å²) < 4.78 is 124. The maximum absolute atomic E-state index is 13.8. The third kappa shape index (κ3) is 16.9. The van der Waals surface area contributed by atoms with Crippen LogP contribution in [0.3, 0.4) is 0 Å². The Hall–Kier alpha value is -12.5. The predicted molar refractivity (Wildman–Crippen MR) is 398 cm³/mol. The van der Waals surface area contributed by atoms with Gasteiger partial charge in [-0.25, -0.2) is 63.9 Å². The van der Waals surface area contributed by atoms with E-state index in [-0.39, 0.29) is 62.3 Å². The lowest BCUT2D eigenvalue weighted by molar-refractivity contribution is -0.137. The molecule has 12 heterocycles. The van der Waals surface area contributed by atoms with Crippen LogP contribution in [-0.2, 0) is 55.5 Å². The van der Waals surface area contributed by atoms with Crippen LogP contribution in [0.25, 0.3) is 84.1 Å². The van der Waals surface area contributed by atoms with Crippen LogP contribution in [0.4, 0.5) is 30.6 Å². The molecule has 0 fully saturated rings. The van der Waals surface area contributed by atoms with Crippen molar-refractivity contribution in [1.82, 2.24) is 73.7 Å². The molecule has 0 spiro atoms. The fourth-order valence-electron chi connectivity index (χ4n) is 11.3. The number of nitrogens with zero attached hydrogens (tertiary/aromatic N) is 15. The van der Waals surface area contributed by atoms with Gasteiger partial charge < -0.3 is 20.7 Å². The molecule has 0 saturated heterocycles. The molecule has 0 radical (unpaired) electrons. The van der Waals surface area contributed by atoms with Crippen molar-refractivity contribution >= 4 is 75.3 Å². The second kappa shape index (κ2) is 31.1. The average molecular weight is 1520 g/mol. The number of nitrogens with two attached hydrogens (primary N) is 1. The van der Waals surface area contributed by atoms with Crippen LogP contribution in [0.2, 0.25) is 5.02 Å². The Kier molecular flexibility index (Phi) is 21.1. The maximum atomic E-state index is 13.8. The molecule has 15 aromatic rings. The van der Waals surface area contributed by atoms with Gasteiger partial charge in [0.2, 0.25) is 15.9 Å². The van der Waals surface area contributed by atoms with Gasteiger partial charge in [0.1, 0.15) is 21.4 Å². The Balaban J connectivity index is 0.000000142. The standard InChI is InChI=1S/C25H19F3N6O2S.C25H23N7O3S.C24H19ClN6O2S/c1-37(35,36)18-12-16(13-29-15-18)23-32-24(31-14-17-6-4-5-10-30-17)22-20(9-11-34(22)33-23)19-7-2-3-8-21(19)25(26,27)28;1-2-35-25-21(36(26,33)34)14-18(15-29-25)23-30-24(28-16-19-10-6-7-12-27-19)22-20(11-13-32(22)31-23)17-8-4-3-5-9-17;1-34(32,33)18-12-16(13-26-15-18)23-29-24(28-14-17-6-4-5-10-27-17)22-20(9-11-31(22)30-23)19-7-2-3-8-21(19)25/h2-13,15H,14H2,1H3,(H,31,32,33);3-15H,2,16H2,1H3,(H2,26,33,34)(H,28,30,31);2-13,15H,14H2,1H3,(H,28,29,30). The number of sulfonamides is 1. The van der Waals surface area contributed by atoms with Crippen molar-refractivity contribution in [3.8, 4) is 73.4 Å². The number of fused-ring (bicyclic) bond motifs is 3. The van der Waals surface area contributed by atoms with E-state index >= 15 is 0 Å². The number of rotatable bonds is 20. The largest absolute Gasteiger partial charge is 0.477 e. The number of nitrogens with one attached hydrogen (secondary N) is 3. The molecule has 0 unspecified atom stereocenters. The first-order chi connectivity index (χ1) is 51.4. The normalized spacial score (nSPS) is 11.7. The van der Waals surface area contributed by atoms with Gasteiger partial charge in [0.15, 0.2) is 54.6 Å². The van der Waals surface area contributed by atoms with Gasteiger partial charge in [-0.2, -0.15) is 13.2 Å². The summed E-state index contributed by atoms with van der Waals surface area (Å²) in [5.41, 5.74) is 8.53. The van der Waals surface area contributed by atoms with Crippen molar-refractivity contribution in [3.63, 3.8) is 0 Å². The number of ether oxygens (including phenoxy) is 1. The Morgan fingerprint density at radius 2 is 0.869 bits per heavy atom. The topological polar surface area (TPSA) is 342 Å². The number of primary sulfonamides is 1. The first kappa shape index (κ1) is 72.8. The lowest BCUT2D eigenvalue weighted by atomic mass is 10.0. The van der Waals surface area contributed by atoms with E-state index in [4.69, 9.17) is 31.4 Å². The van der Waals surface area contributed by atoms with Gasteiger partial charge in [0.25, 0.3) is 0 Å². The van der Waals surface area contributed by atoms with Crippen LogP contribution in [0.15, 0.2) is 253 Å². The number of anilines is 3. The molecule has 12 aromatic heterocycles. The molecule has 3 aromatic carbocycles. The van der Waals surface area contributed by atoms with Crippen molar-refractivity contribution < 1.29 is 43.2 Å². The van der Waals surface area contributed by atoms with E-state index < -0.39 is 41.4 Å². The van der Waals surface area contributed by atoms with E-state index in [0.717, 1.165) is 63.3 Å². The summed E-state index contributed by atoms with van der Waals surface area (Å²) in [5, 5.41) is 29.6. The first-order valence-corrected chi connectivity index (χ1v) is 38.2. The molecule has 5 N–H and O–H groups in total. The number of pyridine rings is 6. The van der Waals surface area contributed by atoms with E-state index in [1.54, 1.807) is 46.7 Å². The van der Waals surface area contributed by atoms with Crippen LogP contribution >= 0.6 is 11.6 Å². The molecule has 0 amide bonds. The molecule has 33 heteroatoms. The van der Waals surface area contributed by atoms with E-state index in [1.165, 1.54) is 84.2 Å². The number of sulfone groups is 2. The van der Waals surface area contributed by atoms with Gasteiger partial charge in [-0.1, -0.05) is 96.5 Å². The molecule has 0 aliphatic heterocycles. The van der Waals surface area contributed by atoms with Gasteiger partial charge in [0, 0.05) is 125 Å². The highest BCUT2D eigenvalue weighted by Crippen LogP contribution is 2.41. The molecule has 26 nitrogen and oxygen atoms in total. The Labute approximate surface area is 615 Å². The number of alkyl halides is 3. The van der Waals surface area contributed by atoms with Crippen molar-refractivity contribution in [2.24, 2.45) is 5.14 Å². The molecule has 15 rings (SSSR count). The maximum Gasteiger partial charge on any atom is 0.417 e. The summed E-state index contributed by atoms with van der Waals surface area (Å²) in [6.45, 7) is 3.07. The average Bonchev–Trinajstić information content (AvgIpc) is 1.68. The van der Waals surface area contributed by atoms with Crippen LogP contribution < -0.4 is 25.8 Å². The SMILES string of the molecule is CCOc1ncc(-c2nc(NCc3ccccn3)c3c(-c4ccccc4)ccn3n2)cc1S(N)(=O)=O.CS(=O)(=O)c1cncc(-c2nc(NCc3ccccn3)c3c(-c4ccccc4C(F)(F)F)ccn3n2)c1.CS(=O)(=O)c1cncc(-c2nc(NCc3ccccn3)c3c(-c4ccccc4Cl)ccn3n2)c1. The molecule has 0 saturated carbocycles. The summed E-state index contributed by atoms with van der Waals surface area (Å²) in [6.07, 6.45) is 14.9. The zero-order chi connectivity index (χ0) is 75.0. The summed E-state index contributed by atoms with van der Waals surface area (Å²) >= 11 is 6.48. The van der Waals surface area contributed by atoms with Crippen molar-refractivity contribution in [2.45, 2.75) is 47.4 Å². The highest BCUT2D eigenvalue weighted by Gasteiger charge is 2.35. The minimum Gasteiger partial charge on any atom is -0.477 e. The molecule has 107 heavy (non-hydrogen) atoms. The molecular formula is C74H61ClF3N19O7S3. The van der Waals surface area contributed by atoms with Gasteiger partial charge >= 0.3 is 6.18 Å². The zero-order valence-corrected chi connectivity index (χ0v) is 59.9. The van der Waals surface area contributed by atoms with Crippen molar-refractivity contribution in [1.29, 1.82) is 0 Å².